The van der Waals surface area contributed by atoms with Gasteiger partial charge in [-0.15, -0.1) is 0 Å². The van der Waals surface area contributed by atoms with Crippen LogP contribution in [0.4, 0.5) is 11.4 Å². The highest BCUT2D eigenvalue weighted by molar-refractivity contribution is 7.92. The van der Waals surface area contributed by atoms with Crippen molar-refractivity contribution in [2.45, 2.75) is 31.6 Å². The van der Waals surface area contributed by atoms with E-state index in [-0.39, 0.29) is 22.6 Å². The molecule has 1 unspecified atom stereocenters. The molecule has 0 spiro atoms. The zero-order chi connectivity index (χ0) is 25.0. The molecule has 0 saturated carbocycles. The Hall–Kier alpha value is -3.65. The zero-order valence-corrected chi connectivity index (χ0v) is 20.6. The molecule has 1 fully saturated rings. The van der Waals surface area contributed by atoms with Gasteiger partial charge in [0.2, 0.25) is 5.91 Å². The fraction of sp³-hybridized carbons (Fsp3) is 0.259. The van der Waals surface area contributed by atoms with Gasteiger partial charge in [-0.1, -0.05) is 42.0 Å². The Morgan fingerprint density at radius 3 is 2.37 bits per heavy atom. The smallest absolute Gasteiger partial charge is 0.261 e. The summed E-state index contributed by atoms with van der Waals surface area (Å²) in [5.41, 5.74) is 3.32. The average molecular weight is 492 g/mol. The third-order valence-electron chi connectivity index (χ3n) is 6.18. The molecule has 1 atom stereocenters. The first-order valence-electron chi connectivity index (χ1n) is 11.6. The van der Waals surface area contributed by atoms with Crippen molar-refractivity contribution < 1.29 is 18.0 Å². The summed E-state index contributed by atoms with van der Waals surface area (Å²) < 4.78 is 28.1. The highest BCUT2D eigenvalue weighted by atomic mass is 32.2. The number of hydrogen-bond acceptors (Lipinski definition) is 4. The van der Waals surface area contributed by atoms with E-state index in [4.69, 9.17) is 0 Å². The van der Waals surface area contributed by atoms with E-state index in [2.05, 4.69) is 10.0 Å². The number of sulfonamides is 1. The Morgan fingerprint density at radius 1 is 0.943 bits per heavy atom. The number of rotatable bonds is 6. The van der Waals surface area contributed by atoms with Crippen LogP contribution >= 0.6 is 0 Å². The number of piperidine rings is 1. The summed E-state index contributed by atoms with van der Waals surface area (Å²) in [6.07, 6.45) is 1.43. The molecular formula is C27H29N3O4S. The molecule has 35 heavy (non-hydrogen) atoms. The quantitative estimate of drug-likeness (QED) is 0.527. The maximum Gasteiger partial charge on any atom is 0.261 e. The number of carbonyl (C=O) groups is 2. The lowest BCUT2D eigenvalue weighted by Gasteiger charge is -2.32. The first-order chi connectivity index (χ1) is 16.7. The van der Waals surface area contributed by atoms with Crippen molar-refractivity contribution in [1.29, 1.82) is 0 Å². The second-order valence-corrected chi connectivity index (χ2v) is 10.6. The highest BCUT2D eigenvalue weighted by Crippen LogP contribution is 2.25. The molecule has 1 saturated heterocycles. The molecule has 2 N–H and O–H groups in total. The zero-order valence-electron chi connectivity index (χ0n) is 19.8. The molecule has 2 amide bonds. The lowest BCUT2D eigenvalue weighted by Crippen LogP contribution is -2.43. The standard InChI is InChI=1S/C27H29N3O4S/c1-19-10-13-21(14-11-19)27(32)30-16-6-7-22(18-30)26(31)28-23-15-12-20(2)25(17-23)29-35(33,34)24-8-4-3-5-9-24/h3-5,8-15,17,22,29H,6-7,16,18H2,1-2H3,(H,28,31). The van der Waals surface area contributed by atoms with Crippen LogP contribution in [0.15, 0.2) is 77.7 Å². The molecule has 3 aromatic carbocycles. The van der Waals surface area contributed by atoms with E-state index in [1.165, 1.54) is 12.1 Å². The van der Waals surface area contributed by atoms with Crippen LogP contribution in [0.2, 0.25) is 0 Å². The van der Waals surface area contributed by atoms with Crippen molar-refractivity contribution >= 4 is 33.2 Å². The van der Waals surface area contributed by atoms with Crippen LogP contribution in [0.1, 0.15) is 34.3 Å². The van der Waals surface area contributed by atoms with Crippen molar-refractivity contribution in [1.82, 2.24) is 4.90 Å². The Labute approximate surface area is 206 Å². The first kappa shape index (κ1) is 24.5. The van der Waals surface area contributed by atoms with Crippen molar-refractivity contribution in [3.8, 4) is 0 Å². The molecule has 8 heteroatoms. The Morgan fingerprint density at radius 2 is 1.66 bits per heavy atom. The molecule has 7 nitrogen and oxygen atoms in total. The maximum absolute atomic E-state index is 13.0. The van der Waals surface area contributed by atoms with Gasteiger partial charge in [0.05, 0.1) is 16.5 Å². The SMILES string of the molecule is Cc1ccc(C(=O)N2CCCC(C(=O)Nc3ccc(C)c(NS(=O)(=O)c4ccccc4)c3)C2)cc1. The molecular weight excluding hydrogens is 462 g/mol. The van der Waals surface area contributed by atoms with E-state index < -0.39 is 10.0 Å². The molecule has 182 valence electrons. The van der Waals surface area contributed by atoms with Gasteiger partial charge in [0.15, 0.2) is 0 Å². The Bertz CT molecular complexity index is 1320. The maximum atomic E-state index is 13.0. The molecule has 0 aliphatic carbocycles. The van der Waals surface area contributed by atoms with Crippen LogP contribution in [-0.4, -0.2) is 38.2 Å². The van der Waals surface area contributed by atoms with Crippen LogP contribution in [0.5, 0.6) is 0 Å². The van der Waals surface area contributed by atoms with Gasteiger partial charge in [-0.25, -0.2) is 8.42 Å². The number of anilines is 2. The molecule has 0 radical (unpaired) electrons. The number of nitrogens with zero attached hydrogens (tertiary/aromatic N) is 1. The number of amides is 2. The fourth-order valence-electron chi connectivity index (χ4n) is 4.11. The number of carbonyl (C=O) groups excluding carboxylic acids is 2. The number of benzene rings is 3. The van der Waals surface area contributed by atoms with E-state index >= 15 is 0 Å². The van der Waals surface area contributed by atoms with Crippen LogP contribution in [0.3, 0.4) is 0 Å². The predicted octanol–water partition coefficient (Wildman–Crippen LogP) is 4.60. The predicted molar refractivity (Wildman–Crippen MR) is 137 cm³/mol. The number of aryl methyl sites for hydroxylation is 2. The summed E-state index contributed by atoms with van der Waals surface area (Å²) in [7, 11) is -3.75. The van der Waals surface area contributed by atoms with Crippen molar-refractivity contribution in [3.63, 3.8) is 0 Å². The molecule has 0 aromatic heterocycles. The largest absolute Gasteiger partial charge is 0.338 e. The highest BCUT2D eigenvalue weighted by Gasteiger charge is 2.29. The van der Waals surface area contributed by atoms with Gasteiger partial charge in [-0.05, 0) is 68.7 Å². The van der Waals surface area contributed by atoms with Crippen LogP contribution in [0, 0.1) is 19.8 Å². The fourth-order valence-corrected chi connectivity index (χ4v) is 5.25. The van der Waals surface area contributed by atoms with Gasteiger partial charge in [0.25, 0.3) is 15.9 Å². The normalized spacial score (nSPS) is 15.9. The molecule has 0 bridgehead atoms. The second kappa shape index (κ2) is 10.3. The van der Waals surface area contributed by atoms with Gasteiger partial charge in [-0.3, -0.25) is 14.3 Å². The van der Waals surface area contributed by atoms with Crippen LogP contribution < -0.4 is 10.0 Å². The molecule has 1 heterocycles. The summed E-state index contributed by atoms with van der Waals surface area (Å²) in [4.78, 5) is 27.8. The van der Waals surface area contributed by atoms with E-state index in [1.54, 1.807) is 48.2 Å². The topological polar surface area (TPSA) is 95.6 Å². The minimum absolute atomic E-state index is 0.0737. The summed E-state index contributed by atoms with van der Waals surface area (Å²) in [6.45, 7) is 4.73. The first-order valence-corrected chi connectivity index (χ1v) is 13.1. The van der Waals surface area contributed by atoms with E-state index in [0.29, 0.717) is 36.4 Å². The molecule has 4 rings (SSSR count). The monoisotopic (exact) mass is 491 g/mol. The summed E-state index contributed by atoms with van der Waals surface area (Å²) >= 11 is 0. The number of hydrogen-bond donors (Lipinski definition) is 2. The van der Waals surface area contributed by atoms with Crippen LogP contribution in [-0.2, 0) is 14.8 Å². The lowest BCUT2D eigenvalue weighted by atomic mass is 9.96. The number of nitrogens with one attached hydrogen (secondary N) is 2. The summed E-state index contributed by atoms with van der Waals surface area (Å²) in [6, 6.07) is 20.7. The molecule has 1 aliphatic rings. The van der Waals surface area contributed by atoms with Crippen molar-refractivity contribution in [2.24, 2.45) is 5.92 Å². The van der Waals surface area contributed by atoms with E-state index in [1.807, 2.05) is 31.2 Å². The van der Waals surface area contributed by atoms with Gasteiger partial charge in [-0.2, -0.15) is 0 Å². The van der Waals surface area contributed by atoms with Crippen molar-refractivity contribution in [2.75, 3.05) is 23.1 Å². The number of likely N-dealkylation sites (tertiary alicyclic amines) is 1. The third kappa shape index (κ3) is 5.89. The second-order valence-electron chi connectivity index (χ2n) is 8.89. The van der Waals surface area contributed by atoms with Gasteiger partial charge >= 0.3 is 0 Å². The lowest BCUT2D eigenvalue weighted by molar-refractivity contribution is -0.121. The Kier molecular flexibility index (Phi) is 7.21. The Balaban J connectivity index is 1.44. The van der Waals surface area contributed by atoms with Crippen molar-refractivity contribution in [3.05, 3.63) is 89.5 Å². The summed E-state index contributed by atoms with van der Waals surface area (Å²) in [5.74, 6) is -0.605. The molecule has 1 aliphatic heterocycles. The van der Waals surface area contributed by atoms with Gasteiger partial charge in [0.1, 0.15) is 0 Å². The third-order valence-corrected chi connectivity index (χ3v) is 7.56. The minimum atomic E-state index is -3.75. The molecule has 3 aromatic rings. The van der Waals surface area contributed by atoms with E-state index in [9.17, 15) is 18.0 Å². The average Bonchev–Trinajstić information content (AvgIpc) is 2.86. The van der Waals surface area contributed by atoms with Gasteiger partial charge < -0.3 is 10.2 Å². The minimum Gasteiger partial charge on any atom is -0.338 e. The van der Waals surface area contributed by atoms with Gasteiger partial charge in [0, 0.05) is 24.3 Å². The van der Waals surface area contributed by atoms with Crippen LogP contribution in [0.25, 0.3) is 0 Å². The summed E-state index contributed by atoms with van der Waals surface area (Å²) in [5, 5.41) is 2.90. The van der Waals surface area contributed by atoms with E-state index in [0.717, 1.165) is 17.5 Å².